The summed E-state index contributed by atoms with van der Waals surface area (Å²) < 4.78 is 0. The maximum absolute atomic E-state index is 9.47. The fraction of sp³-hybridized carbons (Fsp3) is 0.571. The van der Waals surface area contributed by atoms with Crippen molar-refractivity contribution in [1.29, 1.82) is 0 Å². The highest BCUT2D eigenvalue weighted by molar-refractivity contribution is 6.34. The fourth-order valence-corrected chi connectivity index (χ4v) is 3.31. The molecule has 0 aliphatic carbocycles. The van der Waals surface area contributed by atoms with Crippen molar-refractivity contribution in [3.05, 3.63) is 33.8 Å². The normalized spacial score (nSPS) is 20.0. The third kappa shape index (κ3) is 3.18. The summed E-state index contributed by atoms with van der Waals surface area (Å²) in [6, 6.07) is 5.87. The number of hydrogen-bond donors (Lipinski definition) is 1. The van der Waals surface area contributed by atoms with Gasteiger partial charge in [-0.3, -0.25) is 4.90 Å². The molecule has 0 radical (unpaired) electrons. The van der Waals surface area contributed by atoms with Gasteiger partial charge in [-0.1, -0.05) is 30.1 Å². The zero-order chi connectivity index (χ0) is 13.1. The van der Waals surface area contributed by atoms with Crippen molar-refractivity contribution in [3.8, 4) is 0 Å². The molecule has 1 fully saturated rings. The number of likely N-dealkylation sites (tertiary alicyclic amines) is 1. The zero-order valence-corrected chi connectivity index (χ0v) is 12.1. The first-order valence-electron chi connectivity index (χ1n) is 6.42. The highest BCUT2D eigenvalue weighted by Crippen LogP contribution is 2.34. The van der Waals surface area contributed by atoms with Crippen LogP contribution < -0.4 is 0 Å². The van der Waals surface area contributed by atoms with E-state index in [1.54, 1.807) is 6.07 Å². The Morgan fingerprint density at radius 3 is 2.22 bits per heavy atom. The van der Waals surface area contributed by atoms with Gasteiger partial charge in [-0.15, -0.1) is 0 Å². The minimum atomic E-state index is 0.172. The SMILES string of the molecule is CC(CO)C(c1cc(Cl)cc(Cl)c1)N1CCCC1. The maximum Gasteiger partial charge on any atom is 0.0474 e. The predicted molar refractivity (Wildman–Crippen MR) is 76.3 cm³/mol. The van der Waals surface area contributed by atoms with Crippen molar-refractivity contribution in [2.75, 3.05) is 19.7 Å². The third-order valence-corrected chi connectivity index (χ3v) is 4.02. The van der Waals surface area contributed by atoms with E-state index in [9.17, 15) is 5.11 Å². The van der Waals surface area contributed by atoms with Crippen molar-refractivity contribution in [2.24, 2.45) is 5.92 Å². The molecule has 4 heteroatoms. The van der Waals surface area contributed by atoms with Crippen molar-refractivity contribution in [3.63, 3.8) is 0 Å². The minimum absolute atomic E-state index is 0.172. The minimum Gasteiger partial charge on any atom is -0.396 e. The summed E-state index contributed by atoms with van der Waals surface area (Å²) in [5.74, 6) is 0.178. The summed E-state index contributed by atoms with van der Waals surface area (Å²) in [6.45, 7) is 4.40. The Hall–Kier alpha value is -0.280. The highest BCUT2D eigenvalue weighted by atomic mass is 35.5. The molecule has 0 spiro atoms. The first kappa shape index (κ1) is 14.1. The third-order valence-electron chi connectivity index (χ3n) is 3.59. The second kappa shape index (κ2) is 6.25. The Morgan fingerprint density at radius 1 is 1.17 bits per heavy atom. The van der Waals surface area contributed by atoms with Crippen LogP contribution in [0.3, 0.4) is 0 Å². The lowest BCUT2D eigenvalue weighted by Gasteiger charge is -2.32. The van der Waals surface area contributed by atoms with Crippen LogP contribution in [-0.2, 0) is 0 Å². The molecule has 2 nitrogen and oxygen atoms in total. The number of halogens is 2. The Labute approximate surface area is 119 Å². The lowest BCUT2D eigenvalue weighted by molar-refractivity contribution is 0.126. The standard InChI is InChI=1S/C14H19Cl2NO/c1-10(9-18)14(17-4-2-3-5-17)11-6-12(15)8-13(16)7-11/h6-8,10,14,18H,2-5,9H2,1H3. The molecular formula is C14H19Cl2NO. The Bertz CT molecular complexity index is 385. The van der Waals surface area contributed by atoms with Crippen LogP contribution in [0.4, 0.5) is 0 Å². The van der Waals surface area contributed by atoms with Crippen molar-refractivity contribution in [2.45, 2.75) is 25.8 Å². The Balaban J connectivity index is 2.32. The molecule has 1 aromatic rings. The summed E-state index contributed by atoms with van der Waals surface area (Å²) in [5.41, 5.74) is 1.11. The highest BCUT2D eigenvalue weighted by Gasteiger charge is 2.28. The first-order chi connectivity index (χ1) is 8.61. The second-order valence-corrected chi connectivity index (χ2v) is 5.92. The topological polar surface area (TPSA) is 23.5 Å². The number of aliphatic hydroxyl groups excluding tert-OH is 1. The van der Waals surface area contributed by atoms with Gasteiger partial charge in [0.15, 0.2) is 0 Å². The first-order valence-corrected chi connectivity index (χ1v) is 7.18. The van der Waals surface area contributed by atoms with E-state index in [-0.39, 0.29) is 18.6 Å². The van der Waals surface area contributed by atoms with Gasteiger partial charge in [0.25, 0.3) is 0 Å². The Morgan fingerprint density at radius 2 is 1.72 bits per heavy atom. The number of rotatable bonds is 4. The van der Waals surface area contributed by atoms with Gasteiger partial charge in [-0.05, 0) is 55.6 Å². The Kier molecular flexibility index (Phi) is 4.91. The van der Waals surface area contributed by atoms with Crippen LogP contribution in [0.1, 0.15) is 31.4 Å². The van der Waals surface area contributed by atoms with Gasteiger partial charge in [-0.25, -0.2) is 0 Å². The van der Waals surface area contributed by atoms with Crippen molar-refractivity contribution >= 4 is 23.2 Å². The van der Waals surface area contributed by atoms with E-state index in [1.165, 1.54) is 12.8 Å². The van der Waals surface area contributed by atoms with E-state index in [1.807, 2.05) is 12.1 Å². The van der Waals surface area contributed by atoms with E-state index in [2.05, 4.69) is 11.8 Å². The van der Waals surface area contributed by atoms with E-state index in [0.717, 1.165) is 18.7 Å². The van der Waals surface area contributed by atoms with E-state index >= 15 is 0 Å². The van der Waals surface area contributed by atoms with Crippen LogP contribution in [0.5, 0.6) is 0 Å². The molecule has 1 aliphatic rings. The maximum atomic E-state index is 9.47. The summed E-state index contributed by atoms with van der Waals surface area (Å²) in [4.78, 5) is 2.42. The molecule has 1 saturated heterocycles. The van der Waals surface area contributed by atoms with Gasteiger partial charge in [0.1, 0.15) is 0 Å². The molecule has 1 heterocycles. The number of benzene rings is 1. The van der Waals surface area contributed by atoms with Gasteiger partial charge >= 0.3 is 0 Å². The van der Waals surface area contributed by atoms with Crippen LogP contribution in [0, 0.1) is 5.92 Å². The summed E-state index contributed by atoms with van der Waals surface area (Å²) in [5, 5.41) is 10.8. The molecule has 2 unspecified atom stereocenters. The average molecular weight is 288 g/mol. The van der Waals surface area contributed by atoms with Crippen LogP contribution in [0.25, 0.3) is 0 Å². The van der Waals surface area contributed by atoms with E-state index in [0.29, 0.717) is 10.0 Å². The van der Waals surface area contributed by atoms with Crippen LogP contribution in [0.2, 0.25) is 10.0 Å². The van der Waals surface area contributed by atoms with Gasteiger partial charge in [0.2, 0.25) is 0 Å². The van der Waals surface area contributed by atoms with Crippen molar-refractivity contribution in [1.82, 2.24) is 4.90 Å². The van der Waals surface area contributed by atoms with E-state index < -0.39 is 0 Å². The molecule has 2 rings (SSSR count). The lowest BCUT2D eigenvalue weighted by Crippen LogP contribution is -2.32. The smallest absolute Gasteiger partial charge is 0.0474 e. The molecule has 0 saturated carbocycles. The molecule has 100 valence electrons. The average Bonchev–Trinajstić information content (AvgIpc) is 2.81. The molecule has 18 heavy (non-hydrogen) atoms. The lowest BCUT2D eigenvalue weighted by atomic mass is 9.94. The number of hydrogen-bond acceptors (Lipinski definition) is 2. The zero-order valence-electron chi connectivity index (χ0n) is 10.6. The van der Waals surface area contributed by atoms with Gasteiger partial charge in [0.05, 0.1) is 0 Å². The fourth-order valence-electron chi connectivity index (χ4n) is 2.76. The number of aliphatic hydroxyl groups is 1. The van der Waals surface area contributed by atoms with Gasteiger partial charge in [-0.2, -0.15) is 0 Å². The molecule has 1 aromatic carbocycles. The summed E-state index contributed by atoms with van der Waals surface area (Å²) in [6.07, 6.45) is 2.45. The van der Waals surface area contributed by atoms with Crippen LogP contribution >= 0.6 is 23.2 Å². The predicted octanol–water partition coefficient (Wildman–Crippen LogP) is 3.76. The van der Waals surface area contributed by atoms with Gasteiger partial charge in [0, 0.05) is 22.7 Å². The van der Waals surface area contributed by atoms with E-state index in [4.69, 9.17) is 23.2 Å². The molecule has 2 atom stereocenters. The molecule has 0 bridgehead atoms. The quantitative estimate of drug-likeness (QED) is 0.912. The number of nitrogens with zero attached hydrogens (tertiary/aromatic N) is 1. The monoisotopic (exact) mass is 287 g/mol. The largest absolute Gasteiger partial charge is 0.396 e. The molecular weight excluding hydrogens is 269 g/mol. The van der Waals surface area contributed by atoms with Crippen molar-refractivity contribution < 1.29 is 5.11 Å². The summed E-state index contributed by atoms with van der Waals surface area (Å²) >= 11 is 12.2. The molecule has 0 amide bonds. The molecule has 1 aliphatic heterocycles. The van der Waals surface area contributed by atoms with Gasteiger partial charge < -0.3 is 5.11 Å². The van der Waals surface area contributed by atoms with Crippen LogP contribution in [0.15, 0.2) is 18.2 Å². The molecule has 0 aromatic heterocycles. The summed E-state index contributed by atoms with van der Waals surface area (Å²) in [7, 11) is 0. The van der Waals surface area contributed by atoms with Crippen LogP contribution in [-0.4, -0.2) is 29.7 Å². The second-order valence-electron chi connectivity index (χ2n) is 5.05. The molecule has 1 N–H and O–H groups in total.